The molecule has 17 heavy (non-hydrogen) atoms. The van der Waals surface area contributed by atoms with Crippen molar-refractivity contribution in [3.05, 3.63) is 0 Å². The topological polar surface area (TPSA) is 24.5 Å². The zero-order chi connectivity index (χ0) is 12.4. The van der Waals surface area contributed by atoms with E-state index in [0.717, 1.165) is 26.3 Å². The molecule has 2 rings (SSSR count). The van der Waals surface area contributed by atoms with E-state index in [1.165, 1.54) is 32.5 Å². The second-order valence-electron chi connectivity index (χ2n) is 6.72. The van der Waals surface area contributed by atoms with Gasteiger partial charge in [0, 0.05) is 31.6 Å². The Hall–Kier alpha value is -0.120. The summed E-state index contributed by atoms with van der Waals surface area (Å²) < 4.78 is 5.48. The van der Waals surface area contributed by atoms with Gasteiger partial charge in [0.05, 0.1) is 13.2 Å². The Morgan fingerprint density at radius 3 is 2.29 bits per heavy atom. The highest BCUT2D eigenvalue weighted by Crippen LogP contribution is 2.48. The summed E-state index contributed by atoms with van der Waals surface area (Å²) in [6, 6.07) is 0. The SMILES string of the molecule is CC(C)(C)C1(CCCN2CCNCC2)COC1. The molecule has 0 aliphatic carbocycles. The van der Waals surface area contributed by atoms with E-state index in [9.17, 15) is 0 Å². The standard InChI is InChI=1S/C14H28N2O/c1-13(2,3)14(11-17-12-14)5-4-8-16-9-6-15-7-10-16/h15H,4-12H2,1-3H3. The Bertz CT molecular complexity index is 237. The molecule has 0 spiro atoms. The van der Waals surface area contributed by atoms with Gasteiger partial charge in [-0.25, -0.2) is 0 Å². The van der Waals surface area contributed by atoms with E-state index >= 15 is 0 Å². The highest BCUT2D eigenvalue weighted by atomic mass is 16.5. The summed E-state index contributed by atoms with van der Waals surface area (Å²) in [5.41, 5.74) is 0.829. The molecule has 2 saturated heterocycles. The van der Waals surface area contributed by atoms with Gasteiger partial charge in [0.2, 0.25) is 0 Å². The van der Waals surface area contributed by atoms with Crippen LogP contribution in [0.1, 0.15) is 33.6 Å². The molecule has 0 radical (unpaired) electrons. The number of rotatable bonds is 4. The van der Waals surface area contributed by atoms with Gasteiger partial charge in [-0.1, -0.05) is 20.8 Å². The maximum Gasteiger partial charge on any atom is 0.0549 e. The maximum atomic E-state index is 5.48. The normalized spacial score (nSPS) is 25.6. The molecule has 2 fully saturated rings. The molecule has 2 heterocycles. The number of nitrogens with zero attached hydrogens (tertiary/aromatic N) is 1. The van der Waals surface area contributed by atoms with Crippen molar-refractivity contribution in [3.8, 4) is 0 Å². The van der Waals surface area contributed by atoms with Crippen molar-refractivity contribution in [1.29, 1.82) is 0 Å². The van der Waals surface area contributed by atoms with Crippen LogP contribution in [0.15, 0.2) is 0 Å². The zero-order valence-electron chi connectivity index (χ0n) is 11.7. The van der Waals surface area contributed by atoms with Gasteiger partial charge in [-0.05, 0) is 24.8 Å². The molecule has 0 bridgehead atoms. The highest BCUT2D eigenvalue weighted by molar-refractivity contribution is 4.95. The lowest BCUT2D eigenvalue weighted by Gasteiger charge is -2.51. The van der Waals surface area contributed by atoms with Crippen LogP contribution in [0.3, 0.4) is 0 Å². The molecule has 0 amide bonds. The summed E-state index contributed by atoms with van der Waals surface area (Å²) >= 11 is 0. The lowest BCUT2D eigenvalue weighted by molar-refractivity contribution is -0.175. The third kappa shape index (κ3) is 3.01. The fourth-order valence-corrected chi connectivity index (χ4v) is 2.88. The van der Waals surface area contributed by atoms with Gasteiger partial charge in [-0.2, -0.15) is 0 Å². The molecule has 2 aliphatic heterocycles. The first-order chi connectivity index (χ1) is 8.04. The second-order valence-corrected chi connectivity index (χ2v) is 6.72. The first kappa shape index (κ1) is 13.3. The molecule has 0 unspecified atom stereocenters. The van der Waals surface area contributed by atoms with E-state index in [1.54, 1.807) is 0 Å². The molecule has 3 heteroatoms. The Labute approximate surface area is 106 Å². The van der Waals surface area contributed by atoms with Crippen LogP contribution in [0.5, 0.6) is 0 Å². The monoisotopic (exact) mass is 240 g/mol. The van der Waals surface area contributed by atoms with Crippen molar-refractivity contribution < 1.29 is 4.74 Å². The van der Waals surface area contributed by atoms with Crippen LogP contribution in [0, 0.1) is 10.8 Å². The predicted octanol–water partition coefficient (Wildman–Crippen LogP) is 1.73. The Morgan fingerprint density at radius 1 is 1.18 bits per heavy atom. The highest BCUT2D eigenvalue weighted by Gasteiger charge is 2.47. The Balaban J connectivity index is 1.73. The van der Waals surface area contributed by atoms with Gasteiger partial charge >= 0.3 is 0 Å². The van der Waals surface area contributed by atoms with Crippen LogP contribution in [-0.2, 0) is 4.74 Å². The van der Waals surface area contributed by atoms with Gasteiger partial charge in [-0.3, -0.25) is 0 Å². The van der Waals surface area contributed by atoms with Crippen molar-refractivity contribution in [2.75, 3.05) is 45.9 Å². The third-order valence-corrected chi connectivity index (χ3v) is 4.69. The molecule has 1 N–H and O–H groups in total. The van der Waals surface area contributed by atoms with Crippen LogP contribution in [-0.4, -0.2) is 50.8 Å². The Kier molecular flexibility index (Phi) is 4.11. The van der Waals surface area contributed by atoms with E-state index in [-0.39, 0.29) is 0 Å². The molecular weight excluding hydrogens is 212 g/mol. The molecular formula is C14H28N2O. The molecule has 0 aromatic carbocycles. The van der Waals surface area contributed by atoms with Crippen molar-refractivity contribution >= 4 is 0 Å². The third-order valence-electron chi connectivity index (χ3n) is 4.69. The van der Waals surface area contributed by atoms with Crippen LogP contribution < -0.4 is 5.32 Å². The summed E-state index contributed by atoms with van der Waals surface area (Å²) in [7, 11) is 0. The number of hydrogen-bond acceptors (Lipinski definition) is 3. The van der Waals surface area contributed by atoms with Crippen LogP contribution in [0.4, 0.5) is 0 Å². The second kappa shape index (κ2) is 5.25. The first-order valence-corrected chi connectivity index (χ1v) is 7.04. The summed E-state index contributed by atoms with van der Waals surface area (Å²) in [4.78, 5) is 2.59. The number of piperazine rings is 1. The van der Waals surface area contributed by atoms with E-state index < -0.39 is 0 Å². The predicted molar refractivity (Wildman–Crippen MR) is 71.3 cm³/mol. The minimum atomic E-state index is 0.384. The van der Waals surface area contributed by atoms with Crippen LogP contribution in [0.2, 0.25) is 0 Å². The van der Waals surface area contributed by atoms with Gasteiger partial charge in [-0.15, -0.1) is 0 Å². The Morgan fingerprint density at radius 2 is 1.82 bits per heavy atom. The van der Waals surface area contributed by atoms with Crippen LogP contribution >= 0.6 is 0 Å². The molecule has 0 atom stereocenters. The van der Waals surface area contributed by atoms with Gasteiger partial charge < -0.3 is 15.0 Å². The largest absolute Gasteiger partial charge is 0.380 e. The maximum absolute atomic E-state index is 5.48. The summed E-state index contributed by atoms with van der Waals surface area (Å²) in [6.07, 6.45) is 2.64. The van der Waals surface area contributed by atoms with E-state index in [1.807, 2.05) is 0 Å². The van der Waals surface area contributed by atoms with E-state index in [0.29, 0.717) is 10.8 Å². The summed E-state index contributed by atoms with van der Waals surface area (Å²) in [5.74, 6) is 0. The van der Waals surface area contributed by atoms with Crippen molar-refractivity contribution in [1.82, 2.24) is 10.2 Å². The van der Waals surface area contributed by atoms with Crippen molar-refractivity contribution in [2.45, 2.75) is 33.6 Å². The minimum absolute atomic E-state index is 0.384. The number of ether oxygens (including phenoxy) is 1. The molecule has 0 aromatic rings. The fraction of sp³-hybridized carbons (Fsp3) is 1.00. The summed E-state index contributed by atoms with van der Waals surface area (Å²) in [5, 5.41) is 3.41. The lowest BCUT2D eigenvalue weighted by atomic mass is 9.63. The molecule has 0 saturated carbocycles. The average molecular weight is 240 g/mol. The average Bonchev–Trinajstić information content (AvgIpc) is 2.21. The van der Waals surface area contributed by atoms with Gasteiger partial charge in [0.1, 0.15) is 0 Å². The molecule has 3 nitrogen and oxygen atoms in total. The molecule has 0 aromatic heterocycles. The lowest BCUT2D eigenvalue weighted by Crippen LogP contribution is -2.52. The summed E-state index contributed by atoms with van der Waals surface area (Å²) in [6.45, 7) is 15.1. The minimum Gasteiger partial charge on any atom is -0.380 e. The smallest absolute Gasteiger partial charge is 0.0549 e. The van der Waals surface area contributed by atoms with Crippen molar-refractivity contribution in [2.24, 2.45) is 10.8 Å². The van der Waals surface area contributed by atoms with Crippen LogP contribution in [0.25, 0.3) is 0 Å². The van der Waals surface area contributed by atoms with Crippen molar-refractivity contribution in [3.63, 3.8) is 0 Å². The van der Waals surface area contributed by atoms with E-state index in [4.69, 9.17) is 4.74 Å². The molecule has 2 aliphatic rings. The number of nitrogens with one attached hydrogen (secondary N) is 1. The van der Waals surface area contributed by atoms with Gasteiger partial charge in [0.25, 0.3) is 0 Å². The van der Waals surface area contributed by atoms with Gasteiger partial charge in [0.15, 0.2) is 0 Å². The quantitative estimate of drug-likeness (QED) is 0.810. The fourth-order valence-electron chi connectivity index (χ4n) is 2.88. The number of hydrogen-bond donors (Lipinski definition) is 1. The molecule has 100 valence electrons. The first-order valence-electron chi connectivity index (χ1n) is 7.04. The van der Waals surface area contributed by atoms with E-state index in [2.05, 4.69) is 31.0 Å². The zero-order valence-corrected chi connectivity index (χ0v) is 11.7.